The van der Waals surface area contributed by atoms with Crippen molar-refractivity contribution in [3.05, 3.63) is 29.8 Å². The van der Waals surface area contributed by atoms with Crippen molar-refractivity contribution in [2.24, 2.45) is 0 Å². The number of halogens is 1. The first kappa shape index (κ1) is 9.41. The molecule has 14 heavy (non-hydrogen) atoms. The number of hydrogen-bond acceptors (Lipinski definition) is 2. The zero-order valence-electron chi connectivity index (χ0n) is 7.61. The molecule has 0 saturated carbocycles. The van der Waals surface area contributed by atoms with E-state index in [1.54, 1.807) is 31.2 Å². The lowest BCUT2D eigenvalue weighted by molar-refractivity contribution is 0.0843. The van der Waals surface area contributed by atoms with Crippen LogP contribution in [0.1, 0.15) is 17.3 Å². The monoisotopic (exact) mass is 213 g/mol. The number of benzene rings is 1. The van der Waals surface area contributed by atoms with E-state index in [9.17, 15) is 8.99 Å². The van der Waals surface area contributed by atoms with E-state index in [2.05, 4.69) is 0 Å². The number of rotatable bonds is 1. The first-order valence-corrected chi connectivity index (χ1v) is 5.39. The summed E-state index contributed by atoms with van der Waals surface area (Å²) in [5.74, 6) is 0.0544. The van der Waals surface area contributed by atoms with Gasteiger partial charge in [0.15, 0.2) is 0 Å². The topological polar surface area (TPSA) is 29.5 Å². The summed E-state index contributed by atoms with van der Waals surface area (Å²) in [5, 5.41) is 0. The molecule has 1 heterocycles. The van der Waals surface area contributed by atoms with Gasteiger partial charge in [-0.25, -0.2) is 0 Å². The standard InChI is InChI=1S/C9H9FNO2P/c1-2-11-9(12)7-5-3-4-6-8(7)13-14(11)10/h3-6H,2H2,1H3. The third-order valence-electron chi connectivity index (χ3n) is 2.01. The highest BCUT2D eigenvalue weighted by atomic mass is 31.2. The molecule has 1 amide bonds. The molecule has 0 aliphatic carbocycles. The van der Waals surface area contributed by atoms with Crippen LogP contribution in [0.2, 0.25) is 0 Å². The van der Waals surface area contributed by atoms with Gasteiger partial charge < -0.3 is 4.52 Å². The van der Waals surface area contributed by atoms with E-state index in [1.165, 1.54) is 0 Å². The van der Waals surface area contributed by atoms with Crippen LogP contribution < -0.4 is 4.52 Å². The summed E-state index contributed by atoms with van der Waals surface area (Å²) in [6, 6.07) is 6.70. The Balaban J connectivity index is 2.43. The molecule has 5 heteroatoms. The first-order valence-electron chi connectivity index (χ1n) is 4.28. The molecule has 0 fully saturated rings. The average Bonchev–Trinajstić information content (AvgIpc) is 2.18. The lowest BCUT2D eigenvalue weighted by Gasteiger charge is -2.28. The molecule has 1 aliphatic heterocycles. The van der Waals surface area contributed by atoms with Crippen LogP contribution in [0.25, 0.3) is 0 Å². The molecule has 0 saturated heterocycles. The summed E-state index contributed by atoms with van der Waals surface area (Å²) in [7, 11) is -2.30. The predicted octanol–water partition coefficient (Wildman–Crippen LogP) is 2.74. The highest BCUT2D eigenvalue weighted by molar-refractivity contribution is 7.45. The van der Waals surface area contributed by atoms with E-state index in [0.29, 0.717) is 17.9 Å². The van der Waals surface area contributed by atoms with E-state index in [4.69, 9.17) is 4.52 Å². The highest BCUT2D eigenvalue weighted by Gasteiger charge is 2.34. The zero-order chi connectivity index (χ0) is 10.1. The van der Waals surface area contributed by atoms with Crippen molar-refractivity contribution in [3.8, 4) is 5.75 Å². The van der Waals surface area contributed by atoms with E-state index in [-0.39, 0.29) is 5.91 Å². The summed E-state index contributed by atoms with van der Waals surface area (Å²) in [6.07, 6.45) is 0. The van der Waals surface area contributed by atoms with Gasteiger partial charge in [0.05, 0.1) is 5.56 Å². The van der Waals surface area contributed by atoms with Crippen molar-refractivity contribution in [2.45, 2.75) is 6.92 Å². The van der Waals surface area contributed by atoms with Crippen LogP contribution in [0.4, 0.5) is 4.20 Å². The molecule has 3 nitrogen and oxygen atoms in total. The average molecular weight is 213 g/mol. The van der Waals surface area contributed by atoms with Crippen molar-refractivity contribution >= 4 is 14.5 Å². The van der Waals surface area contributed by atoms with Crippen molar-refractivity contribution in [1.29, 1.82) is 0 Å². The number of fused-ring (bicyclic) bond motifs is 1. The van der Waals surface area contributed by atoms with Crippen LogP contribution in [0.15, 0.2) is 24.3 Å². The molecular weight excluding hydrogens is 204 g/mol. The maximum Gasteiger partial charge on any atom is 0.397 e. The Morgan fingerprint density at radius 3 is 2.93 bits per heavy atom. The molecule has 0 bridgehead atoms. The Labute approximate surface area is 82.5 Å². The molecule has 74 valence electrons. The fourth-order valence-corrected chi connectivity index (χ4v) is 2.21. The van der Waals surface area contributed by atoms with Gasteiger partial charge in [0.25, 0.3) is 5.91 Å². The second kappa shape index (κ2) is 3.54. The number of para-hydroxylation sites is 1. The fraction of sp³-hybridized carbons (Fsp3) is 0.222. The molecular formula is C9H9FNO2P. The van der Waals surface area contributed by atoms with Gasteiger partial charge in [0.1, 0.15) is 5.75 Å². The zero-order valence-corrected chi connectivity index (χ0v) is 8.50. The summed E-state index contributed by atoms with van der Waals surface area (Å²) < 4.78 is 19.4. The summed E-state index contributed by atoms with van der Waals surface area (Å²) in [6.45, 7) is 2.06. The molecule has 0 aromatic heterocycles. The van der Waals surface area contributed by atoms with Crippen LogP contribution in [0, 0.1) is 0 Å². The summed E-state index contributed by atoms with van der Waals surface area (Å²) >= 11 is 0. The number of amides is 1. The lowest BCUT2D eigenvalue weighted by Crippen LogP contribution is -2.30. The number of hydrogen-bond donors (Lipinski definition) is 0. The maximum atomic E-state index is 13.3. The molecule has 1 aliphatic rings. The van der Waals surface area contributed by atoms with E-state index in [0.717, 1.165) is 4.67 Å². The summed E-state index contributed by atoms with van der Waals surface area (Å²) in [5.41, 5.74) is 0.436. The molecule has 1 aromatic rings. The molecule has 2 rings (SSSR count). The molecule has 0 spiro atoms. The Kier molecular flexibility index (Phi) is 2.38. The maximum absolute atomic E-state index is 13.3. The van der Waals surface area contributed by atoms with Crippen LogP contribution in [-0.2, 0) is 0 Å². The van der Waals surface area contributed by atoms with E-state index in [1.807, 2.05) is 0 Å². The highest BCUT2D eigenvalue weighted by Crippen LogP contribution is 2.49. The summed E-state index contributed by atoms with van der Waals surface area (Å²) in [4.78, 5) is 11.7. The minimum Gasteiger partial charge on any atom is -0.428 e. The predicted molar refractivity (Wildman–Crippen MR) is 51.8 cm³/mol. The van der Waals surface area contributed by atoms with Gasteiger partial charge in [-0.1, -0.05) is 12.1 Å². The lowest BCUT2D eigenvalue weighted by atomic mass is 10.2. The smallest absolute Gasteiger partial charge is 0.397 e. The Morgan fingerprint density at radius 2 is 2.21 bits per heavy atom. The van der Waals surface area contributed by atoms with E-state index < -0.39 is 8.61 Å². The van der Waals surface area contributed by atoms with Crippen LogP contribution in [0.5, 0.6) is 5.75 Å². The SMILES string of the molecule is CCN1C(=O)c2ccccc2OP1F. The van der Waals surface area contributed by atoms with Gasteiger partial charge in [-0.05, 0) is 19.1 Å². The molecule has 1 unspecified atom stereocenters. The molecule has 0 radical (unpaired) electrons. The van der Waals surface area contributed by atoms with Crippen molar-refractivity contribution < 1.29 is 13.5 Å². The van der Waals surface area contributed by atoms with Crippen LogP contribution in [-0.4, -0.2) is 17.1 Å². The molecule has 1 aromatic carbocycles. The molecule has 0 N–H and O–H groups in total. The fourth-order valence-electron chi connectivity index (χ4n) is 1.32. The van der Waals surface area contributed by atoms with Crippen LogP contribution in [0.3, 0.4) is 0 Å². The first-order chi connectivity index (χ1) is 6.74. The molecule has 1 atom stereocenters. The number of nitrogens with zero attached hydrogens (tertiary/aromatic N) is 1. The van der Waals surface area contributed by atoms with Gasteiger partial charge in [-0.2, -0.15) is 4.20 Å². The van der Waals surface area contributed by atoms with Crippen LogP contribution >= 0.6 is 8.61 Å². The quantitative estimate of drug-likeness (QED) is 0.671. The Morgan fingerprint density at radius 1 is 1.50 bits per heavy atom. The third-order valence-corrected chi connectivity index (χ3v) is 3.21. The Hall–Kier alpha value is -1.15. The van der Waals surface area contributed by atoms with Crippen molar-refractivity contribution in [1.82, 2.24) is 4.67 Å². The minimum atomic E-state index is -2.30. The minimum absolute atomic E-state index is 0.289. The second-order valence-electron chi connectivity index (χ2n) is 2.83. The third kappa shape index (κ3) is 1.36. The van der Waals surface area contributed by atoms with Gasteiger partial charge in [-0.15, -0.1) is 0 Å². The largest absolute Gasteiger partial charge is 0.428 e. The Bertz CT molecular complexity index is 372. The number of carbonyl (C=O) groups excluding carboxylic acids is 1. The van der Waals surface area contributed by atoms with Crippen molar-refractivity contribution in [3.63, 3.8) is 0 Å². The van der Waals surface area contributed by atoms with Gasteiger partial charge in [0.2, 0.25) is 0 Å². The van der Waals surface area contributed by atoms with Gasteiger partial charge >= 0.3 is 8.61 Å². The number of carbonyl (C=O) groups is 1. The van der Waals surface area contributed by atoms with Gasteiger partial charge in [-0.3, -0.25) is 9.46 Å². The second-order valence-corrected chi connectivity index (χ2v) is 3.95. The van der Waals surface area contributed by atoms with Crippen molar-refractivity contribution in [2.75, 3.05) is 6.54 Å². The normalized spacial score (nSPS) is 20.3. The van der Waals surface area contributed by atoms with E-state index >= 15 is 0 Å². The van der Waals surface area contributed by atoms with Gasteiger partial charge in [0, 0.05) is 6.54 Å².